The van der Waals surface area contributed by atoms with Crippen LogP contribution in [0.3, 0.4) is 0 Å². The number of hydrazine groups is 1. The van der Waals surface area contributed by atoms with Crippen LogP contribution in [0.4, 0.5) is 0 Å². The van der Waals surface area contributed by atoms with Crippen molar-refractivity contribution >= 4 is 33.9 Å². The fourth-order valence-electron chi connectivity index (χ4n) is 4.62. The van der Waals surface area contributed by atoms with Crippen molar-refractivity contribution in [1.29, 1.82) is 0 Å². The van der Waals surface area contributed by atoms with Crippen LogP contribution in [0.2, 0.25) is 0 Å². The predicted molar refractivity (Wildman–Crippen MR) is 168 cm³/mol. The summed E-state index contributed by atoms with van der Waals surface area (Å²) < 4.78 is 0. The molecular weight excluding hydrogens is 534 g/mol. The molecule has 222 valence electrons. The molecule has 0 saturated carbocycles. The molecule has 3 N–H and O–H groups in total. The Morgan fingerprint density at radius 2 is 1.61 bits per heavy atom. The molecule has 8 nitrogen and oxygen atoms in total. The molecule has 1 heterocycles. The second-order valence-corrected chi connectivity index (χ2v) is 12.6. The van der Waals surface area contributed by atoms with E-state index >= 15 is 0 Å². The van der Waals surface area contributed by atoms with Crippen molar-refractivity contribution in [2.45, 2.75) is 57.0 Å². The van der Waals surface area contributed by atoms with E-state index in [2.05, 4.69) is 12.1 Å². The summed E-state index contributed by atoms with van der Waals surface area (Å²) in [5, 5.41) is 18.5. The Morgan fingerprint density at radius 3 is 2.22 bits per heavy atom. The highest BCUT2D eigenvalue weighted by Gasteiger charge is 2.36. The number of aliphatic hydroxyl groups excluding tert-OH is 1. The Hall–Kier alpha value is -3.08. The van der Waals surface area contributed by atoms with Crippen LogP contribution in [-0.2, 0) is 22.4 Å². The molecule has 0 spiro atoms. The van der Waals surface area contributed by atoms with Gasteiger partial charge < -0.3 is 15.7 Å². The third-order valence-corrected chi connectivity index (χ3v) is 8.28. The van der Waals surface area contributed by atoms with Gasteiger partial charge in [0.25, 0.3) is 5.91 Å². The Morgan fingerprint density at radius 1 is 0.927 bits per heavy atom. The average molecular weight is 580 g/mol. The van der Waals surface area contributed by atoms with Gasteiger partial charge >= 0.3 is 0 Å². The number of aliphatic hydroxyl groups is 1. The Balaban J connectivity index is 1.96. The molecule has 2 aromatic carbocycles. The summed E-state index contributed by atoms with van der Waals surface area (Å²) in [6.45, 7) is 3.84. The summed E-state index contributed by atoms with van der Waals surface area (Å²) in [4.78, 5) is 32.2. The summed E-state index contributed by atoms with van der Waals surface area (Å²) in [6.07, 6.45) is 3.84. The van der Waals surface area contributed by atoms with Crippen LogP contribution in [-0.4, -0.2) is 95.8 Å². The van der Waals surface area contributed by atoms with Gasteiger partial charge in [-0.15, -0.1) is 11.3 Å². The van der Waals surface area contributed by atoms with Gasteiger partial charge in [0, 0.05) is 45.0 Å². The number of carbonyl (C=O) groups excluding carboxylic acids is 2. The molecule has 3 aromatic rings. The molecule has 1 unspecified atom stereocenters. The predicted octanol–water partition coefficient (Wildman–Crippen LogP) is 3.75. The van der Waals surface area contributed by atoms with Gasteiger partial charge in [-0.25, -0.2) is 5.01 Å². The van der Waals surface area contributed by atoms with Crippen molar-refractivity contribution in [2.24, 2.45) is 5.73 Å². The second kappa shape index (κ2) is 14.2. The van der Waals surface area contributed by atoms with Crippen LogP contribution in [0.15, 0.2) is 72.1 Å². The van der Waals surface area contributed by atoms with Crippen molar-refractivity contribution in [3.8, 4) is 0 Å². The van der Waals surface area contributed by atoms with Crippen LogP contribution >= 0.6 is 11.3 Å². The lowest BCUT2D eigenvalue weighted by molar-refractivity contribution is -0.154. The van der Waals surface area contributed by atoms with E-state index in [1.54, 1.807) is 67.5 Å². The first-order chi connectivity index (χ1) is 19.3. The van der Waals surface area contributed by atoms with E-state index in [0.29, 0.717) is 19.3 Å². The van der Waals surface area contributed by atoms with Crippen molar-refractivity contribution in [3.05, 3.63) is 82.6 Å². The highest BCUT2D eigenvalue weighted by molar-refractivity contribution is 7.09. The largest absolute Gasteiger partial charge is 0.375 e. The first-order valence-corrected chi connectivity index (χ1v) is 14.7. The van der Waals surface area contributed by atoms with Crippen molar-refractivity contribution < 1.29 is 14.7 Å². The molecule has 0 bridgehead atoms. The molecule has 41 heavy (non-hydrogen) atoms. The van der Waals surface area contributed by atoms with Crippen LogP contribution in [0.1, 0.15) is 30.7 Å². The molecule has 1 aromatic heterocycles. The van der Waals surface area contributed by atoms with Gasteiger partial charge in [-0.05, 0) is 67.6 Å². The number of carbonyl (C=O) groups is 2. The zero-order valence-corrected chi connectivity index (χ0v) is 26.1. The Kier molecular flexibility index (Phi) is 11.2. The fraction of sp³-hybridized carbons (Fsp3) is 0.438. The molecule has 0 aliphatic heterocycles. The quantitative estimate of drug-likeness (QED) is 0.182. The monoisotopic (exact) mass is 579 g/mol. The third-order valence-electron chi connectivity index (χ3n) is 7.38. The minimum absolute atomic E-state index is 0.183. The zero-order chi connectivity index (χ0) is 30.3. The SMILES string of the molecule is CN(C(=O)[C@@H](Cc1ccc2ccccc2c1)N(C)C(O)/C=C/CC(C)(C)N)[C@H](Cc1cccs1)C(=O)N(C)N(C)C. The maximum atomic E-state index is 14.3. The number of likely N-dealkylation sites (N-methyl/N-ethyl adjacent to an activating group) is 3. The number of amides is 2. The molecule has 0 radical (unpaired) electrons. The Bertz CT molecular complexity index is 1320. The molecule has 0 aliphatic carbocycles. The minimum atomic E-state index is -1.02. The summed E-state index contributed by atoms with van der Waals surface area (Å²) >= 11 is 1.56. The Labute approximate surface area is 248 Å². The molecule has 2 amide bonds. The highest BCUT2D eigenvalue weighted by Crippen LogP contribution is 2.22. The van der Waals surface area contributed by atoms with Crippen LogP contribution in [0.5, 0.6) is 0 Å². The molecule has 3 rings (SSSR count). The van der Waals surface area contributed by atoms with Gasteiger partial charge in [-0.1, -0.05) is 54.6 Å². The highest BCUT2D eigenvalue weighted by atomic mass is 32.1. The normalized spacial score (nSPS) is 14.5. The van der Waals surface area contributed by atoms with Crippen LogP contribution in [0.25, 0.3) is 10.8 Å². The minimum Gasteiger partial charge on any atom is -0.375 e. The van der Waals surface area contributed by atoms with E-state index < -0.39 is 23.9 Å². The molecule has 0 saturated heterocycles. The second-order valence-electron chi connectivity index (χ2n) is 11.6. The van der Waals surface area contributed by atoms with Crippen molar-refractivity contribution in [2.75, 3.05) is 35.2 Å². The average Bonchev–Trinajstić information content (AvgIpc) is 3.45. The maximum Gasteiger partial charge on any atom is 0.259 e. The molecule has 0 aliphatic rings. The number of rotatable bonds is 13. The molecular formula is C32H45N5O3S. The number of nitrogens with two attached hydrogens (primary N) is 1. The standard InChI is InChI=1S/C32H45N5O3S/c1-32(2,33)18-10-15-29(38)35(5)27(21-23-16-17-24-12-8-9-13-25(24)20-23)30(39)36(6)28(22-26-14-11-19-41-26)31(40)37(7)34(3)4/h8-17,19-20,27-29,38H,18,21-22,33H2,1-7H3/b15-10+/t27-,28-,29?/m1/s1. The van der Waals surface area contributed by atoms with Gasteiger partial charge in [0.2, 0.25) is 5.91 Å². The van der Waals surface area contributed by atoms with E-state index in [1.807, 2.05) is 67.8 Å². The lowest BCUT2D eigenvalue weighted by atomic mass is 9.98. The smallest absolute Gasteiger partial charge is 0.259 e. The van der Waals surface area contributed by atoms with E-state index in [-0.39, 0.29) is 11.8 Å². The van der Waals surface area contributed by atoms with Gasteiger partial charge in [0.1, 0.15) is 12.3 Å². The van der Waals surface area contributed by atoms with Crippen molar-refractivity contribution in [1.82, 2.24) is 19.8 Å². The van der Waals surface area contributed by atoms with E-state index in [1.165, 1.54) is 5.01 Å². The van der Waals surface area contributed by atoms with Gasteiger partial charge in [-0.2, -0.15) is 0 Å². The first-order valence-electron chi connectivity index (χ1n) is 13.9. The van der Waals surface area contributed by atoms with E-state index in [9.17, 15) is 14.7 Å². The van der Waals surface area contributed by atoms with Crippen molar-refractivity contribution in [3.63, 3.8) is 0 Å². The van der Waals surface area contributed by atoms with Gasteiger partial charge in [0.15, 0.2) is 0 Å². The summed E-state index contributed by atoms with van der Waals surface area (Å²) in [5.74, 6) is -0.425. The fourth-order valence-corrected chi connectivity index (χ4v) is 5.36. The van der Waals surface area contributed by atoms with Gasteiger partial charge in [-0.3, -0.25) is 19.5 Å². The maximum absolute atomic E-state index is 14.3. The number of benzene rings is 2. The lowest BCUT2D eigenvalue weighted by Crippen LogP contribution is -2.57. The van der Waals surface area contributed by atoms with Gasteiger partial charge in [0.05, 0.1) is 6.04 Å². The first kappa shape index (κ1) is 32.4. The number of thiophene rings is 1. The lowest BCUT2D eigenvalue weighted by Gasteiger charge is -2.37. The number of nitrogens with zero attached hydrogens (tertiary/aromatic N) is 4. The number of hydrogen-bond acceptors (Lipinski definition) is 7. The summed E-state index contributed by atoms with van der Waals surface area (Å²) in [5.41, 5.74) is 6.66. The zero-order valence-electron chi connectivity index (χ0n) is 25.3. The topological polar surface area (TPSA) is 93.3 Å². The molecule has 9 heteroatoms. The number of hydrogen-bond donors (Lipinski definition) is 2. The summed E-state index contributed by atoms with van der Waals surface area (Å²) in [6, 6.07) is 16.7. The van der Waals surface area contributed by atoms with E-state index in [0.717, 1.165) is 21.2 Å². The van der Waals surface area contributed by atoms with E-state index in [4.69, 9.17) is 5.73 Å². The third kappa shape index (κ3) is 8.95. The number of fused-ring (bicyclic) bond motifs is 1. The van der Waals surface area contributed by atoms with Crippen LogP contribution < -0.4 is 5.73 Å². The van der Waals surface area contributed by atoms with Crippen LogP contribution in [0, 0.1) is 0 Å². The molecule has 0 fully saturated rings. The molecule has 3 atom stereocenters. The summed E-state index contributed by atoms with van der Waals surface area (Å²) in [7, 11) is 8.71.